The molecule has 5 heteroatoms. The number of carbonyl (C=O) groups excluding carboxylic acids is 1. The van der Waals surface area contributed by atoms with E-state index in [4.69, 9.17) is 0 Å². The molecule has 1 aliphatic carbocycles. The van der Waals surface area contributed by atoms with E-state index >= 15 is 0 Å². The van der Waals surface area contributed by atoms with Gasteiger partial charge < -0.3 is 9.80 Å². The number of hydrogen-bond acceptors (Lipinski definition) is 4. The van der Waals surface area contributed by atoms with Crippen molar-refractivity contribution >= 4 is 11.7 Å². The van der Waals surface area contributed by atoms with Gasteiger partial charge in [0.15, 0.2) is 0 Å². The molecule has 124 valence electrons. The molecule has 0 spiro atoms. The molecule has 0 aromatic carbocycles. The fourth-order valence-electron chi connectivity index (χ4n) is 3.63. The molecule has 0 unspecified atom stereocenters. The van der Waals surface area contributed by atoms with Gasteiger partial charge in [0.1, 0.15) is 5.82 Å². The predicted octanol–water partition coefficient (Wildman–Crippen LogP) is 2.36. The van der Waals surface area contributed by atoms with Gasteiger partial charge in [-0.1, -0.05) is 25.5 Å². The predicted molar refractivity (Wildman–Crippen MR) is 91.0 cm³/mol. The summed E-state index contributed by atoms with van der Waals surface area (Å²) >= 11 is 0. The number of piperazine rings is 1. The average molecular weight is 314 g/mol. The van der Waals surface area contributed by atoms with Crippen LogP contribution in [0.25, 0.3) is 0 Å². The van der Waals surface area contributed by atoms with Crippen LogP contribution in [0.5, 0.6) is 0 Å². The standard InChI is InChI=1S/C18H26N4O/c1-13(2)11-14-16(18(14,3)4)17(23)22-9-7-21(8-10-22)15-12-19-5-6-20-15/h5-6,11-12,14,16H,7-10H2,1-4H3/t14-,16-/m0/s1. The Morgan fingerprint density at radius 1 is 1.22 bits per heavy atom. The molecule has 2 heterocycles. The fourth-order valence-corrected chi connectivity index (χ4v) is 3.63. The Hall–Kier alpha value is -1.91. The maximum Gasteiger partial charge on any atom is 0.226 e. The molecule has 1 aromatic rings. The van der Waals surface area contributed by atoms with E-state index in [9.17, 15) is 4.79 Å². The van der Waals surface area contributed by atoms with Crippen molar-refractivity contribution in [2.75, 3.05) is 31.1 Å². The average Bonchev–Trinajstić information content (AvgIpc) is 3.07. The maximum atomic E-state index is 12.9. The quantitative estimate of drug-likeness (QED) is 0.804. The van der Waals surface area contributed by atoms with Crippen LogP contribution >= 0.6 is 0 Å². The summed E-state index contributed by atoms with van der Waals surface area (Å²) in [5, 5.41) is 0. The second-order valence-electron chi connectivity index (χ2n) is 7.44. The molecule has 5 nitrogen and oxygen atoms in total. The van der Waals surface area contributed by atoms with Crippen LogP contribution in [-0.4, -0.2) is 47.0 Å². The first-order valence-corrected chi connectivity index (χ1v) is 8.36. The lowest BCUT2D eigenvalue weighted by Gasteiger charge is -2.35. The van der Waals surface area contributed by atoms with E-state index in [1.54, 1.807) is 18.6 Å². The lowest BCUT2D eigenvalue weighted by molar-refractivity contribution is -0.133. The Morgan fingerprint density at radius 2 is 1.91 bits per heavy atom. The summed E-state index contributed by atoms with van der Waals surface area (Å²) in [5.41, 5.74) is 1.39. The molecular formula is C18H26N4O. The largest absolute Gasteiger partial charge is 0.352 e. The first-order valence-electron chi connectivity index (χ1n) is 8.36. The first kappa shape index (κ1) is 16.0. The minimum Gasteiger partial charge on any atom is -0.352 e. The van der Waals surface area contributed by atoms with Gasteiger partial charge in [0.25, 0.3) is 0 Å². The third kappa shape index (κ3) is 3.09. The number of aromatic nitrogens is 2. The number of rotatable bonds is 3. The summed E-state index contributed by atoms with van der Waals surface area (Å²) in [6.45, 7) is 11.8. The van der Waals surface area contributed by atoms with Crippen molar-refractivity contribution in [2.24, 2.45) is 17.3 Å². The highest BCUT2D eigenvalue weighted by molar-refractivity contribution is 5.84. The van der Waals surface area contributed by atoms with Gasteiger partial charge in [0.2, 0.25) is 5.91 Å². The summed E-state index contributed by atoms with van der Waals surface area (Å²) in [5.74, 6) is 1.74. The van der Waals surface area contributed by atoms with Crippen LogP contribution in [0.2, 0.25) is 0 Å². The Balaban J connectivity index is 1.60. The highest BCUT2D eigenvalue weighted by Crippen LogP contribution is 2.60. The molecule has 1 aromatic heterocycles. The first-order chi connectivity index (χ1) is 10.9. The van der Waals surface area contributed by atoms with E-state index in [0.717, 1.165) is 32.0 Å². The maximum absolute atomic E-state index is 12.9. The zero-order chi connectivity index (χ0) is 16.6. The Labute approximate surface area is 138 Å². The van der Waals surface area contributed by atoms with Crippen molar-refractivity contribution in [3.63, 3.8) is 0 Å². The van der Waals surface area contributed by atoms with E-state index in [-0.39, 0.29) is 11.3 Å². The lowest BCUT2D eigenvalue weighted by atomic mass is 10.1. The van der Waals surface area contributed by atoms with Crippen LogP contribution in [0.3, 0.4) is 0 Å². The van der Waals surface area contributed by atoms with E-state index in [1.807, 2.05) is 4.90 Å². The summed E-state index contributed by atoms with van der Waals surface area (Å²) in [4.78, 5) is 25.5. The van der Waals surface area contributed by atoms with Crippen molar-refractivity contribution in [2.45, 2.75) is 27.7 Å². The van der Waals surface area contributed by atoms with Gasteiger partial charge in [-0.15, -0.1) is 0 Å². The van der Waals surface area contributed by atoms with Crippen molar-refractivity contribution in [1.82, 2.24) is 14.9 Å². The second-order valence-corrected chi connectivity index (χ2v) is 7.44. The summed E-state index contributed by atoms with van der Waals surface area (Å²) < 4.78 is 0. The summed E-state index contributed by atoms with van der Waals surface area (Å²) in [6.07, 6.45) is 7.44. The van der Waals surface area contributed by atoms with Crippen LogP contribution in [0, 0.1) is 17.3 Å². The Bertz CT molecular complexity index is 599. The SMILES string of the molecule is CC(C)=C[C@H]1[C@@H](C(=O)N2CCN(c3cnccn3)CC2)C1(C)C. The molecule has 1 aliphatic heterocycles. The van der Waals surface area contributed by atoms with Gasteiger partial charge in [0.05, 0.1) is 12.1 Å². The molecule has 1 amide bonds. The zero-order valence-corrected chi connectivity index (χ0v) is 14.5. The monoisotopic (exact) mass is 314 g/mol. The molecule has 2 fully saturated rings. The molecule has 0 N–H and O–H groups in total. The topological polar surface area (TPSA) is 49.3 Å². The Morgan fingerprint density at radius 3 is 2.48 bits per heavy atom. The van der Waals surface area contributed by atoms with Crippen molar-refractivity contribution in [3.8, 4) is 0 Å². The van der Waals surface area contributed by atoms with Gasteiger partial charge in [-0.2, -0.15) is 0 Å². The Kier molecular flexibility index (Phi) is 4.13. The smallest absolute Gasteiger partial charge is 0.226 e. The molecular weight excluding hydrogens is 288 g/mol. The molecule has 0 radical (unpaired) electrons. The van der Waals surface area contributed by atoms with Gasteiger partial charge in [0, 0.05) is 38.6 Å². The minimum atomic E-state index is 0.0936. The fraction of sp³-hybridized carbons (Fsp3) is 0.611. The molecule has 0 bridgehead atoms. The van der Waals surface area contributed by atoms with Gasteiger partial charge in [-0.25, -0.2) is 4.98 Å². The third-order valence-electron chi connectivity index (χ3n) is 5.15. The van der Waals surface area contributed by atoms with Crippen molar-refractivity contribution < 1.29 is 4.79 Å². The van der Waals surface area contributed by atoms with Gasteiger partial charge >= 0.3 is 0 Å². The summed E-state index contributed by atoms with van der Waals surface area (Å²) in [6, 6.07) is 0. The zero-order valence-electron chi connectivity index (χ0n) is 14.5. The molecule has 3 rings (SSSR count). The van der Waals surface area contributed by atoms with Crippen LogP contribution < -0.4 is 4.90 Å². The lowest BCUT2D eigenvalue weighted by Crippen LogP contribution is -2.49. The van der Waals surface area contributed by atoms with Crippen molar-refractivity contribution in [3.05, 3.63) is 30.2 Å². The number of amides is 1. The third-order valence-corrected chi connectivity index (χ3v) is 5.15. The molecule has 2 atom stereocenters. The number of carbonyl (C=O) groups is 1. The van der Waals surface area contributed by atoms with Gasteiger partial charge in [-0.3, -0.25) is 9.78 Å². The van der Waals surface area contributed by atoms with Gasteiger partial charge in [-0.05, 0) is 25.2 Å². The highest BCUT2D eigenvalue weighted by atomic mass is 16.2. The van der Waals surface area contributed by atoms with Crippen molar-refractivity contribution in [1.29, 1.82) is 0 Å². The normalized spacial score (nSPS) is 25.9. The molecule has 23 heavy (non-hydrogen) atoms. The number of nitrogens with zero attached hydrogens (tertiary/aromatic N) is 4. The van der Waals surface area contributed by atoms with Crippen LogP contribution in [0.1, 0.15) is 27.7 Å². The molecule has 1 saturated heterocycles. The number of hydrogen-bond donors (Lipinski definition) is 0. The van der Waals surface area contributed by atoms with E-state index in [1.165, 1.54) is 5.57 Å². The highest BCUT2D eigenvalue weighted by Gasteiger charge is 2.61. The van der Waals surface area contributed by atoms with E-state index in [2.05, 4.69) is 48.6 Å². The van der Waals surface area contributed by atoms with Crippen LogP contribution in [0.15, 0.2) is 30.2 Å². The van der Waals surface area contributed by atoms with E-state index < -0.39 is 0 Å². The molecule has 2 aliphatic rings. The summed E-state index contributed by atoms with van der Waals surface area (Å²) in [7, 11) is 0. The number of anilines is 1. The second kappa shape index (κ2) is 5.95. The van der Waals surface area contributed by atoms with Crippen LogP contribution in [-0.2, 0) is 4.79 Å². The van der Waals surface area contributed by atoms with Crippen LogP contribution in [0.4, 0.5) is 5.82 Å². The number of allylic oxidation sites excluding steroid dienone is 2. The van der Waals surface area contributed by atoms with E-state index in [0.29, 0.717) is 11.8 Å². The minimum absolute atomic E-state index is 0.0936. The molecule has 1 saturated carbocycles.